The molecule has 0 aliphatic rings. The fourth-order valence-electron chi connectivity index (χ4n) is 2.15. The molecule has 5 N–H and O–H groups in total. The molecule has 2 heterocycles. The van der Waals surface area contributed by atoms with E-state index < -0.39 is 11.8 Å². The van der Waals surface area contributed by atoms with E-state index in [-0.39, 0.29) is 33.6 Å². The third kappa shape index (κ3) is 3.98. The first-order valence-electron chi connectivity index (χ1n) is 7.46. The molecule has 0 aromatic carbocycles. The summed E-state index contributed by atoms with van der Waals surface area (Å²) >= 11 is 6.12. The van der Waals surface area contributed by atoms with Crippen molar-refractivity contribution in [2.45, 2.75) is 6.92 Å². The molecule has 26 heavy (non-hydrogen) atoms. The second-order valence-corrected chi connectivity index (χ2v) is 5.43. The van der Waals surface area contributed by atoms with Gasteiger partial charge in [0.1, 0.15) is 11.5 Å². The number of rotatable bonds is 6. The summed E-state index contributed by atoms with van der Waals surface area (Å²) in [6, 6.07) is 4.62. The van der Waals surface area contributed by atoms with Gasteiger partial charge in [-0.25, -0.2) is 9.67 Å². The van der Waals surface area contributed by atoms with E-state index in [1.807, 2.05) is 0 Å². The number of aromatic nitrogens is 3. The molecular weight excluding hydrogens is 356 g/mol. The third-order valence-electron chi connectivity index (χ3n) is 3.24. The minimum Gasteiger partial charge on any atom is -0.382 e. The van der Waals surface area contributed by atoms with Crippen molar-refractivity contribution < 1.29 is 9.59 Å². The van der Waals surface area contributed by atoms with Gasteiger partial charge in [0.25, 0.3) is 11.8 Å². The van der Waals surface area contributed by atoms with E-state index >= 15 is 0 Å². The number of nitrogens with two attached hydrogens (primary N) is 2. The maximum Gasteiger partial charge on any atom is 0.274 e. The van der Waals surface area contributed by atoms with Crippen LogP contribution in [0.2, 0.25) is 5.02 Å². The minimum absolute atomic E-state index is 0.0614. The molecule has 134 valence electrons. The van der Waals surface area contributed by atoms with Crippen LogP contribution in [0, 0.1) is 0 Å². The monoisotopic (exact) mass is 372 g/mol. The molecule has 2 aromatic heterocycles. The van der Waals surface area contributed by atoms with E-state index in [2.05, 4.69) is 22.0 Å². The largest absolute Gasteiger partial charge is 0.382 e. The molecule has 2 aromatic rings. The summed E-state index contributed by atoms with van der Waals surface area (Å²) in [4.78, 5) is 28.4. The second kappa shape index (κ2) is 8.13. The lowest BCUT2D eigenvalue weighted by Crippen LogP contribution is -2.28. The summed E-state index contributed by atoms with van der Waals surface area (Å²) in [6.07, 6.45) is 5.94. The van der Waals surface area contributed by atoms with Crippen molar-refractivity contribution in [2.75, 3.05) is 5.73 Å². The van der Waals surface area contributed by atoms with Gasteiger partial charge >= 0.3 is 0 Å². The zero-order valence-corrected chi connectivity index (χ0v) is 14.7. The Bertz CT molecular complexity index is 929. The number of anilines is 1. The second-order valence-electron chi connectivity index (χ2n) is 5.02. The van der Waals surface area contributed by atoms with Crippen molar-refractivity contribution in [3.8, 4) is 5.82 Å². The number of nitrogens with one attached hydrogen (secondary N) is 1. The molecular formula is C17H17ClN6O2. The average Bonchev–Trinajstić information content (AvgIpc) is 2.97. The van der Waals surface area contributed by atoms with E-state index in [4.69, 9.17) is 23.1 Å². The Morgan fingerprint density at radius 3 is 2.73 bits per heavy atom. The Morgan fingerprint density at radius 1 is 1.42 bits per heavy atom. The van der Waals surface area contributed by atoms with Gasteiger partial charge in [0.2, 0.25) is 0 Å². The number of hydrogen-bond acceptors (Lipinski definition) is 5. The number of nitrogens with zero attached hydrogens (tertiary/aromatic N) is 3. The Hall–Kier alpha value is -3.39. The van der Waals surface area contributed by atoms with Gasteiger partial charge in [-0.1, -0.05) is 30.3 Å². The maximum atomic E-state index is 12.7. The Kier molecular flexibility index (Phi) is 5.92. The third-order valence-corrected chi connectivity index (χ3v) is 3.54. The summed E-state index contributed by atoms with van der Waals surface area (Å²) in [5, 5.41) is 6.95. The van der Waals surface area contributed by atoms with Crippen LogP contribution in [0.25, 0.3) is 5.82 Å². The summed E-state index contributed by atoms with van der Waals surface area (Å²) in [5.74, 6) is -0.961. The molecule has 8 nitrogen and oxygen atoms in total. The lowest BCUT2D eigenvalue weighted by atomic mass is 10.1. The van der Waals surface area contributed by atoms with Crippen LogP contribution >= 0.6 is 11.6 Å². The average molecular weight is 373 g/mol. The predicted molar refractivity (Wildman–Crippen MR) is 99.5 cm³/mol. The molecule has 0 bridgehead atoms. The van der Waals surface area contributed by atoms with Gasteiger partial charge < -0.3 is 16.8 Å². The molecule has 0 unspecified atom stereocenters. The van der Waals surface area contributed by atoms with Crippen molar-refractivity contribution in [1.29, 1.82) is 0 Å². The van der Waals surface area contributed by atoms with Gasteiger partial charge in [0, 0.05) is 12.3 Å². The van der Waals surface area contributed by atoms with Crippen LogP contribution in [-0.2, 0) is 4.79 Å². The Labute approximate surface area is 154 Å². The van der Waals surface area contributed by atoms with Gasteiger partial charge in [0.15, 0.2) is 5.82 Å². The maximum absolute atomic E-state index is 12.7. The summed E-state index contributed by atoms with van der Waals surface area (Å²) in [5.41, 5.74) is 11.4. The molecule has 0 saturated carbocycles. The highest BCUT2D eigenvalue weighted by Gasteiger charge is 2.20. The first-order chi connectivity index (χ1) is 12.4. The van der Waals surface area contributed by atoms with Crippen molar-refractivity contribution >= 4 is 29.2 Å². The Morgan fingerprint density at radius 2 is 2.15 bits per heavy atom. The molecule has 0 radical (unpaired) electrons. The van der Waals surface area contributed by atoms with Gasteiger partial charge in [-0.15, -0.1) is 5.10 Å². The fourth-order valence-corrected chi connectivity index (χ4v) is 2.35. The zero-order chi connectivity index (χ0) is 19.3. The molecule has 2 amide bonds. The van der Waals surface area contributed by atoms with Crippen LogP contribution in [0.4, 0.5) is 5.82 Å². The van der Waals surface area contributed by atoms with E-state index in [0.717, 1.165) is 0 Å². The molecule has 0 aliphatic heterocycles. The smallest absolute Gasteiger partial charge is 0.274 e. The molecule has 0 aliphatic carbocycles. The first-order valence-corrected chi connectivity index (χ1v) is 7.83. The van der Waals surface area contributed by atoms with Gasteiger partial charge in [-0.05, 0) is 25.1 Å². The lowest BCUT2D eigenvalue weighted by Gasteiger charge is -2.11. The van der Waals surface area contributed by atoms with Crippen LogP contribution in [0.5, 0.6) is 0 Å². The molecule has 0 atom stereocenters. The zero-order valence-electron chi connectivity index (χ0n) is 13.9. The van der Waals surface area contributed by atoms with Crippen molar-refractivity contribution in [1.82, 2.24) is 20.1 Å². The molecule has 0 saturated heterocycles. The highest BCUT2D eigenvalue weighted by Crippen LogP contribution is 2.20. The predicted octanol–water partition coefficient (Wildman–Crippen LogP) is 1.73. The van der Waals surface area contributed by atoms with Crippen LogP contribution in [0.1, 0.15) is 17.4 Å². The highest BCUT2D eigenvalue weighted by atomic mass is 35.5. The topological polar surface area (TPSA) is 129 Å². The van der Waals surface area contributed by atoms with Crippen molar-refractivity contribution in [3.63, 3.8) is 0 Å². The number of primary amides is 1. The number of carbonyl (C=O) groups is 2. The molecule has 2 rings (SSSR count). The first kappa shape index (κ1) is 18.9. The normalized spacial score (nSPS) is 11.9. The van der Waals surface area contributed by atoms with Crippen LogP contribution < -0.4 is 16.8 Å². The minimum atomic E-state index is -0.728. The van der Waals surface area contributed by atoms with E-state index in [1.54, 1.807) is 25.1 Å². The summed E-state index contributed by atoms with van der Waals surface area (Å²) < 4.78 is 1.22. The van der Waals surface area contributed by atoms with Crippen LogP contribution in [0.15, 0.2) is 60.5 Å². The standard InChI is InChI=1S/C17H17ClN6O2/c1-3-6-12(10(4-2)15(20)25)22-17(26)13-9-14(19)23-24(13)16-11(18)7-5-8-21-16/h3-9H,2H2,1H3,(H2,19,23)(H2,20,25)(H,22,26)/b6-3-,12-10-. The number of hydrogen-bond donors (Lipinski definition) is 3. The van der Waals surface area contributed by atoms with Gasteiger partial charge in [0.05, 0.1) is 16.3 Å². The molecule has 0 spiro atoms. The fraction of sp³-hybridized carbons (Fsp3) is 0.0588. The van der Waals surface area contributed by atoms with Crippen molar-refractivity contribution in [2.24, 2.45) is 5.73 Å². The van der Waals surface area contributed by atoms with Gasteiger partial charge in [-0.2, -0.15) is 0 Å². The van der Waals surface area contributed by atoms with E-state index in [9.17, 15) is 9.59 Å². The van der Waals surface area contributed by atoms with Crippen LogP contribution in [-0.4, -0.2) is 26.6 Å². The SMILES string of the molecule is C=C/C(C(N)=O)=C(\C=C/C)NC(=O)c1cc(N)nn1-c1ncccc1Cl. The van der Waals surface area contributed by atoms with Gasteiger partial charge in [-0.3, -0.25) is 9.59 Å². The van der Waals surface area contributed by atoms with E-state index in [1.165, 1.54) is 29.1 Å². The number of pyridine rings is 1. The lowest BCUT2D eigenvalue weighted by molar-refractivity contribution is -0.114. The van der Waals surface area contributed by atoms with Crippen LogP contribution in [0.3, 0.4) is 0 Å². The summed E-state index contributed by atoms with van der Waals surface area (Å²) in [6.45, 7) is 5.26. The summed E-state index contributed by atoms with van der Waals surface area (Å²) in [7, 11) is 0. The number of halogens is 1. The van der Waals surface area contributed by atoms with E-state index in [0.29, 0.717) is 0 Å². The molecule has 9 heteroatoms. The Balaban J connectivity index is 2.50. The number of carbonyl (C=O) groups excluding carboxylic acids is 2. The molecule has 0 fully saturated rings. The highest BCUT2D eigenvalue weighted by molar-refractivity contribution is 6.32. The van der Waals surface area contributed by atoms with Crippen molar-refractivity contribution in [3.05, 3.63) is 71.2 Å². The number of allylic oxidation sites excluding steroid dienone is 2. The quantitative estimate of drug-likeness (QED) is 0.525. The number of amides is 2. The number of nitrogen functional groups attached to an aromatic ring is 1.